The standard InChI is InChI=1S/C28H27F2N3O6S/c1-4-39-16-25-32-27(34)26(28(35)33(25)23(15-38-3)18-8-6-5-7-9-18)40(36,37)19-10-11-21(22(29)14-19)20-12-13-24(30)31-17(20)2/h5-14,23,34H,4,15-16H2,1-3H3/t23-/m0/s1. The van der Waals surface area contributed by atoms with Crippen molar-refractivity contribution < 1.29 is 31.8 Å². The number of aromatic nitrogens is 3. The number of sulfone groups is 1. The number of ether oxygens (including phenoxy) is 2. The highest BCUT2D eigenvalue weighted by atomic mass is 32.2. The van der Waals surface area contributed by atoms with Crippen LogP contribution in [0.2, 0.25) is 0 Å². The Bertz CT molecular complexity index is 1690. The van der Waals surface area contributed by atoms with E-state index in [-0.39, 0.29) is 42.5 Å². The molecule has 0 fully saturated rings. The zero-order valence-corrected chi connectivity index (χ0v) is 22.8. The molecule has 0 aliphatic heterocycles. The van der Waals surface area contributed by atoms with Gasteiger partial charge in [0.1, 0.15) is 18.2 Å². The minimum absolute atomic E-state index is 0.0139. The van der Waals surface area contributed by atoms with E-state index < -0.39 is 48.9 Å². The van der Waals surface area contributed by atoms with Crippen LogP contribution in [0.5, 0.6) is 5.88 Å². The van der Waals surface area contributed by atoms with Crippen molar-refractivity contribution in [1.82, 2.24) is 14.5 Å². The Labute approximate surface area is 229 Å². The summed E-state index contributed by atoms with van der Waals surface area (Å²) in [6, 6.07) is 13.3. The van der Waals surface area contributed by atoms with Crippen LogP contribution in [0, 0.1) is 18.7 Å². The Morgan fingerprint density at radius 1 is 1.02 bits per heavy atom. The fraction of sp³-hybridized carbons (Fsp3) is 0.250. The number of aromatic hydroxyl groups is 1. The summed E-state index contributed by atoms with van der Waals surface area (Å²) in [5.41, 5.74) is 0.00405. The molecule has 0 aliphatic rings. The molecule has 2 aromatic carbocycles. The van der Waals surface area contributed by atoms with E-state index in [9.17, 15) is 22.7 Å². The number of nitrogens with zero attached hydrogens (tertiary/aromatic N) is 3. The average Bonchev–Trinajstić information content (AvgIpc) is 2.91. The molecule has 9 nitrogen and oxygen atoms in total. The van der Waals surface area contributed by atoms with Crippen LogP contribution in [-0.4, -0.2) is 48.4 Å². The molecule has 12 heteroatoms. The summed E-state index contributed by atoms with van der Waals surface area (Å²) in [7, 11) is -3.34. The van der Waals surface area contributed by atoms with Gasteiger partial charge in [-0.15, -0.1) is 0 Å². The summed E-state index contributed by atoms with van der Waals surface area (Å²) in [6.45, 7) is 3.27. The molecule has 40 heavy (non-hydrogen) atoms. The molecule has 4 rings (SSSR count). The van der Waals surface area contributed by atoms with Gasteiger partial charge in [-0.25, -0.2) is 17.8 Å². The molecule has 1 N–H and O–H groups in total. The molecule has 210 valence electrons. The number of aryl methyl sites for hydroxylation is 1. The first kappa shape index (κ1) is 29.0. The van der Waals surface area contributed by atoms with Crippen LogP contribution in [0.1, 0.15) is 30.0 Å². The van der Waals surface area contributed by atoms with Crippen LogP contribution in [0.4, 0.5) is 8.78 Å². The molecule has 1 atom stereocenters. The molecular weight excluding hydrogens is 544 g/mol. The van der Waals surface area contributed by atoms with E-state index in [1.165, 1.54) is 26.2 Å². The fourth-order valence-corrected chi connectivity index (χ4v) is 5.72. The van der Waals surface area contributed by atoms with Crippen molar-refractivity contribution in [3.05, 3.63) is 99.9 Å². The van der Waals surface area contributed by atoms with Crippen molar-refractivity contribution in [1.29, 1.82) is 0 Å². The number of pyridine rings is 1. The lowest BCUT2D eigenvalue weighted by Gasteiger charge is -2.23. The van der Waals surface area contributed by atoms with Crippen LogP contribution in [0.25, 0.3) is 11.1 Å². The summed E-state index contributed by atoms with van der Waals surface area (Å²) in [5.74, 6) is -2.74. The second-order valence-electron chi connectivity index (χ2n) is 8.79. The maximum atomic E-state index is 15.2. The summed E-state index contributed by atoms with van der Waals surface area (Å²) in [6.07, 6.45) is 0. The molecule has 0 saturated heterocycles. The van der Waals surface area contributed by atoms with E-state index >= 15 is 4.39 Å². The minimum Gasteiger partial charge on any atom is -0.492 e. The van der Waals surface area contributed by atoms with Gasteiger partial charge in [0.15, 0.2) is 4.90 Å². The van der Waals surface area contributed by atoms with Gasteiger partial charge in [-0.3, -0.25) is 9.36 Å². The third kappa shape index (κ3) is 5.64. The smallest absolute Gasteiger partial charge is 0.277 e. The number of benzene rings is 2. The van der Waals surface area contributed by atoms with Gasteiger partial charge in [-0.05, 0) is 43.7 Å². The highest BCUT2D eigenvalue weighted by Gasteiger charge is 2.32. The Morgan fingerprint density at radius 2 is 1.73 bits per heavy atom. The van der Waals surface area contributed by atoms with Gasteiger partial charge in [0.25, 0.3) is 5.56 Å². The number of hydrogen-bond acceptors (Lipinski definition) is 8. The molecule has 0 radical (unpaired) electrons. The fourth-order valence-electron chi connectivity index (χ4n) is 4.37. The highest BCUT2D eigenvalue weighted by molar-refractivity contribution is 7.91. The lowest BCUT2D eigenvalue weighted by atomic mass is 10.0. The largest absolute Gasteiger partial charge is 0.492 e. The van der Waals surface area contributed by atoms with Crippen LogP contribution in [0.15, 0.2) is 75.2 Å². The van der Waals surface area contributed by atoms with E-state index in [2.05, 4.69) is 9.97 Å². The predicted octanol–water partition coefficient (Wildman–Crippen LogP) is 4.20. The number of halogens is 2. The van der Waals surface area contributed by atoms with Gasteiger partial charge in [0.2, 0.25) is 21.7 Å². The number of hydrogen-bond donors (Lipinski definition) is 1. The lowest BCUT2D eigenvalue weighted by Crippen LogP contribution is -2.35. The SMILES string of the molecule is CCOCc1nc(O)c(S(=O)(=O)c2ccc(-c3ccc(F)nc3C)c(F)c2)c(=O)n1[C@@H](COC)c1ccccc1. The Kier molecular flexibility index (Phi) is 8.72. The van der Waals surface area contributed by atoms with Crippen LogP contribution in [-0.2, 0) is 25.9 Å². The van der Waals surface area contributed by atoms with Crippen molar-refractivity contribution in [3.8, 4) is 17.0 Å². The van der Waals surface area contributed by atoms with Gasteiger partial charge >= 0.3 is 0 Å². The summed E-state index contributed by atoms with van der Waals surface area (Å²) >= 11 is 0. The third-order valence-corrected chi connectivity index (χ3v) is 8.02. The number of rotatable bonds is 10. The average molecular weight is 572 g/mol. The quantitative estimate of drug-likeness (QED) is 0.281. The first-order valence-corrected chi connectivity index (χ1v) is 13.7. The van der Waals surface area contributed by atoms with Crippen molar-refractivity contribution in [2.45, 2.75) is 36.3 Å². The van der Waals surface area contributed by atoms with E-state index in [4.69, 9.17) is 9.47 Å². The summed E-state index contributed by atoms with van der Waals surface area (Å²) in [4.78, 5) is 20.0. The Balaban J connectivity index is 1.90. The second kappa shape index (κ2) is 12.0. The van der Waals surface area contributed by atoms with Crippen LogP contribution >= 0.6 is 0 Å². The maximum Gasteiger partial charge on any atom is 0.277 e. The van der Waals surface area contributed by atoms with Crippen LogP contribution < -0.4 is 5.56 Å². The molecule has 0 bridgehead atoms. The van der Waals surface area contributed by atoms with Gasteiger partial charge in [0.05, 0.1) is 17.5 Å². The molecular formula is C28H27F2N3O6S. The van der Waals surface area contributed by atoms with E-state index in [1.807, 2.05) is 0 Å². The summed E-state index contributed by atoms with van der Waals surface area (Å²) < 4.78 is 67.9. The zero-order chi connectivity index (χ0) is 29.0. The number of methoxy groups -OCH3 is 1. The second-order valence-corrected chi connectivity index (χ2v) is 10.7. The Morgan fingerprint density at radius 3 is 2.35 bits per heavy atom. The zero-order valence-electron chi connectivity index (χ0n) is 22.0. The minimum atomic E-state index is -4.77. The van der Waals surface area contributed by atoms with E-state index in [0.29, 0.717) is 5.56 Å². The normalized spacial score (nSPS) is 12.4. The van der Waals surface area contributed by atoms with Crippen molar-refractivity contribution in [3.63, 3.8) is 0 Å². The van der Waals surface area contributed by atoms with Crippen molar-refractivity contribution >= 4 is 9.84 Å². The summed E-state index contributed by atoms with van der Waals surface area (Å²) in [5, 5.41) is 10.7. The monoisotopic (exact) mass is 571 g/mol. The van der Waals surface area contributed by atoms with Gasteiger partial charge in [0, 0.05) is 30.5 Å². The maximum absolute atomic E-state index is 15.2. The topological polar surface area (TPSA) is 121 Å². The molecule has 0 spiro atoms. The Hall–Kier alpha value is -4.00. The van der Waals surface area contributed by atoms with Crippen molar-refractivity contribution in [2.75, 3.05) is 20.3 Å². The van der Waals surface area contributed by atoms with Gasteiger partial charge < -0.3 is 14.6 Å². The lowest BCUT2D eigenvalue weighted by molar-refractivity contribution is 0.116. The highest BCUT2D eigenvalue weighted by Crippen LogP contribution is 2.31. The third-order valence-electron chi connectivity index (χ3n) is 6.25. The van der Waals surface area contributed by atoms with E-state index in [1.54, 1.807) is 37.3 Å². The van der Waals surface area contributed by atoms with Gasteiger partial charge in [-0.1, -0.05) is 36.4 Å². The van der Waals surface area contributed by atoms with Crippen molar-refractivity contribution in [2.24, 2.45) is 0 Å². The predicted molar refractivity (Wildman–Crippen MR) is 142 cm³/mol. The molecule has 0 saturated carbocycles. The van der Waals surface area contributed by atoms with E-state index in [0.717, 1.165) is 22.8 Å². The molecule has 0 unspecified atom stereocenters. The molecule has 0 aliphatic carbocycles. The molecule has 2 aromatic heterocycles. The van der Waals surface area contributed by atoms with Crippen LogP contribution in [0.3, 0.4) is 0 Å². The first-order valence-electron chi connectivity index (χ1n) is 12.2. The first-order chi connectivity index (χ1) is 19.1. The molecule has 2 heterocycles. The molecule has 4 aromatic rings. The molecule has 0 amide bonds. The van der Waals surface area contributed by atoms with Gasteiger partial charge in [-0.2, -0.15) is 9.37 Å².